The molecular weight excluding hydrogens is 128 g/mol. The Balaban J connectivity index is 2.35. The Labute approximate surface area is 61.2 Å². The van der Waals surface area contributed by atoms with Crippen molar-refractivity contribution < 1.29 is 4.79 Å². The molecule has 0 bridgehead atoms. The van der Waals surface area contributed by atoms with Gasteiger partial charge in [0.1, 0.15) is 6.29 Å². The van der Waals surface area contributed by atoms with Crippen molar-refractivity contribution in [3.63, 3.8) is 0 Å². The number of carbonyl (C=O) groups excluding carboxylic acids is 1. The predicted octanol–water partition coefficient (Wildman–Crippen LogP) is 0.0764. The SMILES string of the molecule is CC(C)C1CC(C=O)NN1. The number of nitrogens with one attached hydrogen (secondary N) is 2. The summed E-state index contributed by atoms with van der Waals surface area (Å²) in [5.41, 5.74) is 6.00. The second-order valence-corrected chi connectivity index (χ2v) is 3.12. The molecule has 3 nitrogen and oxygen atoms in total. The molecule has 0 aliphatic carbocycles. The molecule has 58 valence electrons. The van der Waals surface area contributed by atoms with E-state index in [9.17, 15) is 4.79 Å². The van der Waals surface area contributed by atoms with Gasteiger partial charge >= 0.3 is 0 Å². The van der Waals surface area contributed by atoms with Crippen LogP contribution in [0.25, 0.3) is 0 Å². The molecule has 2 N–H and O–H groups in total. The van der Waals surface area contributed by atoms with E-state index in [4.69, 9.17) is 0 Å². The molecule has 0 aromatic rings. The Morgan fingerprint density at radius 2 is 2.20 bits per heavy atom. The van der Waals surface area contributed by atoms with Gasteiger partial charge in [0.2, 0.25) is 0 Å². The van der Waals surface area contributed by atoms with Gasteiger partial charge in [-0.05, 0) is 12.3 Å². The average Bonchev–Trinajstić information content (AvgIpc) is 2.34. The third-order valence-corrected chi connectivity index (χ3v) is 1.93. The van der Waals surface area contributed by atoms with Crippen LogP contribution in [0.1, 0.15) is 20.3 Å². The Kier molecular flexibility index (Phi) is 2.40. The van der Waals surface area contributed by atoms with E-state index < -0.39 is 0 Å². The average molecular weight is 142 g/mol. The maximum Gasteiger partial charge on any atom is 0.138 e. The molecule has 0 spiro atoms. The van der Waals surface area contributed by atoms with Gasteiger partial charge in [0.15, 0.2) is 0 Å². The van der Waals surface area contributed by atoms with Crippen LogP contribution in [-0.2, 0) is 4.79 Å². The fraction of sp³-hybridized carbons (Fsp3) is 0.857. The molecule has 10 heavy (non-hydrogen) atoms. The minimum atomic E-state index is 0.0207. The maximum absolute atomic E-state index is 10.3. The van der Waals surface area contributed by atoms with Crippen LogP contribution in [-0.4, -0.2) is 18.4 Å². The van der Waals surface area contributed by atoms with Crippen LogP contribution in [0.2, 0.25) is 0 Å². The highest BCUT2D eigenvalue weighted by Crippen LogP contribution is 2.11. The van der Waals surface area contributed by atoms with Crippen molar-refractivity contribution in [1.82, 2.24) is 10.9 Å². The van der Waals surface area contributed by atoms with Gasteiger partial charge in [-0.1, -0.05) is 13.8 Å². The van der Waals surface area contributed by atoms with Crippen molar-refractivity contribution in [2.45, 2.75) is 32.4 Å². The molecule has 0 amide bonds. The highest BCUT2D eigenvalue weighted by molar-refractivity contribution is 5.58. The summed E-state index contributed by atoms with van der Waals surface area (Å²) in [7, 11) is 0. The van der Waals surface area contributed by atoms with Crippen LogP contribution in [0.4, 0.5) is 0 Å². The summed E-state index contributed by atoms with van der Waals surface area (Å²) in [6, 6.07) is 0.475. The summed E-state index contributed by atoms with van der Waals surface area (Å²) < 4.78 is 0. The minimum Gasteiger partial charge on any atom is -0.302 e. The van der Waals surface area contributed by atoms with Crippen LogP contribution < -0.4 is 10.9 Å². The third-order valence-electron chi connectivity index (χ3n) is 1.93. The molecule has 1 saturated heterocycles. The standard InChI is InChI=1S/C7H14N2O/c1-5(2)7-3-6(4-10)8-9-7/h4-9H,3H2,1-2H3. The Morgan fingerprint density at radius 3 is 2.50 bits per heavy atom. The molecule has 2 unspecified atom stereocenters. The van der Waals surface area contributed by atoms with Crippen molar-refractivity contribution in [2.24, 2.45) is 5.92 Å². The second kappa shape index (κ2) is 3.12. The Morgan fingerprint density at radius 1 is 1.50 bits per heavy atom. The first-order chi connectivity index (χ1) is 4.74. The summed E-state index contributed by atoms with van der Waals surface area (Å²) in [4.78, 5) is 10.3. The normalized spacial score (nSPS) is 33.1. The fourth-order valence-corrected chi connectivity index (χ4v) is 1.13. The number of hydrogen-bond donors (Lipinski definition) is 2. The molecule has 0 saturated carbocycles. The lowest BCUT2D eigenvalue weighted by atomic mass is 10.0. The van der Waals surface area contributed by atoms with E-state index in [2.05, 4.69) is 24.7 Å². The van der Waals surface area contributed by atoms with E-state index in [0.717, 1.165) is 12.7 Å². The molecule has 0 radical (unpaired) electrons. The minimum absolute atomic E-state index is 0.0207. The smallest absolute Gasteiger partial charge is 0.138 e. The Bertz CT molecular complexity index is 125. The van der Waals surface area contributed by atoms with Crippen molar-refractivity contribution in [3.05, 3.63) is 0 Å². The van der Waals surface area contributed by atoms with E-state index in [0.29, 0.717) is 12.0 Å². The number of rotatable bonds is 2. The summed E-state index contributed by atoms with van der Waals surface area (Å²) in [6.45, 7) is 4.29. The molecule has 1 aliphatic rings. The zero-order chi connectivity index (χ0) is 7.56. The first kappa shape index (κ1) is 7.69. The summed E-state index contributed by atoms with van der Waals surface area (Å²) >= 11 is 0. The summed E-state index contributed by atoms with van der Waals surface area (Å²) in [5.74, 6) is 0.595. The van der Waals surface area contributed by atoms with E-state index in [1.165, 1.54) is 0 Å². The van der Waals surface area contributed by atoms with E-state index in [1.54, 1.807) is 0 Å². The van der Waals surface area contributed by atoms with Gasteiger partial charge in [-0.3, -0.25) is 5.43 Å². The lowest BCUT2D eigenvalue weighted by Gasteiger charge is -2.11. The van der Waals surface area contributed by atoms with Crippen LogP contribution in [0.3, 0.4) is 0 Å². The second-order valence-electron chi connectivity index (χ2n) is 3.12. The van der Waals surface area contributed by atoms with Gasteiger partial charge in [0.05, 0.1) is 6.04 Å². The topological polar surface area (TPSA) is 41.1 Å². The largest absolute Gasteiger partial charge is 0.302 e. The van der Waals surface area contributed by atoms with E-state index >= 15 is 0 Å². The van der Waals surface area contributed by atoms with Gasteiger partial charge < -0.3 is 4.79 Å². The van der Waals surface area contributed by atoms with Gasteiger partial charge in [-0.25, -0.2) is 5.43 Å². The zero-order valence-corrected chi connectivity index (χ0v) is 6.42. The first-order valence-electron chi connectivity index (χ1n) is 3.70. The molecular formula is C7H14N2O. The zero-order valence-electron chi connectivity index (χ0n) is 6.42. The van der Waals surface area contributed by atoms with Crippen LogP contribution in [0.5, 0.6) is 0 Å². The van der Waals surface area contributed by atoms with Crippen molar-refractivity contribution in [3.8, 4) is 0 Å². The monoisotopic (exact) mass is 142 g/mol. The van der Waals surface area contributed by atoms with E-state index in [-0.39, 0.29) is 6.04 Å². The maximum atomic E-state index is 10.3. The molecule has 0 aromatic heterocycles. The van der Waals surface area contributed by atoms with Crippen molar-refractivity contribution >= 4 is 6.29 Å². The molecule has 3 heteroatoms. The van der Waals surface area contributed by atoms with Gasteiger partial charge in [-0.2, -0.15) is 0 Å². The van der Waals surface area contributed by atoms with E-state index in [1.807, 2.05) is 0 Å². The number of aldehydes is 1. The Hall–Kier alpha value is -0.410. The number of carbonyl (C=O) groups is 1. The summed E-state index contributed by atoms with van der Waals surface area (Å²) in [5, 5.41) is 0. The molecule has 1 aliphatic heterocycles. The molecule has 0 aromatic carbocycles. The van der Waals surface area contributed by atoms with Crippen molar-refractivity contribution in [2.75, 3.05) is 0 Å². The summed E-state index contributed by atoms with van der Waals surface area (Å²) in [6.07, 6.45) is 1.87. The highest BCUT2D eigenvalue weighted by atomic mass is 16.1. The first-order valence-corrected chi connectivity index (χ1v) is 3.70. The van der Waals surface area contributed by atoms with Gasteiger partial charge in [0, 0.05) is 6.04 Å². The van der Waals surface area contributed by atoms with Crippen LogP contribution in [0, 0.1) is 5.92 Å². The van der Waals surface area contributed by atoms with Crippen LogP contribution in [0.15, 0.2) is 0 Å². The van der Waals surface area contributed by atoms with Gasteiger partial charge in [0.25, 0.3) is 0 Å². The lowest BCUT2D eigenvalue weighted by Crippen LogP contribution is -2.35. The van der Waals surface area contributed by atoms with Gasteiger partial charge in [-0.15, -0.1) is 0 Å². The third kappa shape index (κ3) is 1.55. The lowest BCUT2D eigenvalue weighted by molar-refractivity contribution is -0.109. The molecule has 1 fully saturated rings. The molecule has 2 atom stereocenters. The predicted molar refractivity (Wildman–Crippen MR) is 39.4 cm³/mol. The highest BCUT2D eigenvalue weighted by Gasteiger charge is 2.24. The van der Waals surface area contributed by atoms with Crippen molar-refractivity contribution in [1.29, 1.82) is 0 Å². The quantitative estimate of drug-likeness (QED) is 0.536. The number of hydrogen-bond acceptors (Lipinski definition) is 3. The molecule has 1 heterocycles. The fourth-order valence-electron chi connectivity index (χ4n) is 1.13. The number of hydrazine groups is 1. The van der Waals surface area contributed by atoms with Crippen LogP contribution >= 0.6 is 0 Å². The molecule has 1 rings (SSSR count).